The second-order valence-electron chi connectivity index (χ2n) is 2.87. The summed E-state index contributed by atoms with van der Waals surface area (Å²) in [4.78, 5) is 12.0. The van der Waals surface area contributed by atoms with E-state index in [9.17, 15) is 0 Å². The minimum absolute atomic E-state index is 0.190. The maximum Gasteiger partial charge on any atom is 0.321 e. The van der Waals surface area contributed by atoms with Crippen LogP contribution in [0.25, 0.3) is 0 Å². The summed E-state index contributed by atoms with van der Waals surface area (Å²) in [5, 5.41) is 0.817. The lowest BCUT2D eigenvalue weighted by atomic mass is 10.5. The lowest BCUT2D eigenvalue weighted by Crippen LogP contribution is -2.02. The van der Waals surface area contributed by atoms with Crippen LogP contribution < -0.4 is 4.74 Å². The van der Waals surface area contributed by atoms with Crippen molar-refractivity contribution in [2.24, 2.45) is 0 Å². The molecule has 0 amide bonds. The number of ether oxygens (including phenoxy) is 1. The Morgan fingerprint density at radius 2 is 2.00 bits per heavy atom. The van der Waals surface area contributed by atoms with Crippen molar-refractivity contribution >= 4 is 23.4 Å². The molecule has 0 aliphatic heterocycles. The van der Waals surface area contributed by atoms with Crippen molar-refractivity contribution in [3.8, 4) is 6.01 Å². The molecule has 0 spiro atoms. The van der Waals surface area contributed by atoms with Gasteiger partial charge in [0.1, 0.15) is 0 Å². The molecule has 0 aromatic carbocycles. The van der Waals surface area contributed by atoms with Crippen LogP contribution in [0.3, 0.4) is 0 Å². The summed E-state index contributed by atoms with van der Waals surface area (Å²) in [6.45, 7) is 4.72. The number of hydrogen-bond acceptors (Lipinski definition) is 5. The molecule has 84 valence electrons. The van der Waals surface area contributed by atoms with Crippen LogP contribution >= 0.6 is 23.4 Å². The Morgan fingerprint density at radius 1 is 1.20 bits per heavy atom. The van der Waals surface area contributed by atoms with Crippen LogP contribution in [0.1, 0.15) is 26.7 Å². The number of thioether (sulfide) groups is 1. The van der Waals surface area contributed by atoms with Crippen molar-refractivity contribution in [1.29, 1.82) is 0 Å². The molecule has 0 N–H and O–H groups in total. The topological polar surface area (TPSA) is 47.9 Å². The van der Waals surface area contributed by atoms with E-state index in [2.05, 4.69) is 21.9 Å². The van der Waals surface area contributed by atoms with Crippen LogP contribution in [0, 0.1) is 0 Å². The van der Waals surface area contributed by atoms with E-state index < -0.39 is 0 Å². The van der Waals surface area contributed by atoms with Gasteiger partial charge in [0.05, 0.1) is 6.61 Å². The number of nitrogens with zero attached hydrogens (tertiary/aromatic N) is 3. The van der Waals surface area contributed by atoms with Crippen molar-refractivity contribution in [1.82, 2.24) is 15.0 Å². The molecular weight excluding hydrogens is 234 g/mol. The molecule has 0 bridgehead atoms. The highest BCUT2D eigenvalue weighted by atomic mass is 35.5. The molecule has 1 heterocycles. The minimum atomic E-state index is 0.190. The van der Waals surface area contributed by atoms with Crippen LogP contribution in [0.15, 0.2) is 5.16 Å². The standard InChI is InChI=1S/C9H14ClN3OS/c1-3-5-14-8-11-7(10)12-9(13-8)15-6-4-2/h3-6H2,1-2H3. The van der Waals surface area contributed by atoms with Gasteiger partial charge < -0.3 is 4.74 Å². The first-order valence-corrected chi connectivity index (χ1v) is 6.29. The Morgan fingerprint density at radius 3 is 2.67 bits per heavy atom. The molecule has 1 rings (SSSR count). The first-order chi connectivity index (χ1) is 7.26. The van der Waals surface area contributed by atoms with Crippen molar-refractivity contribution in [3.63, 3.8) is 0 Å². The largest absolute Gasteiger partial charge is 0.463 e. The molecule has 0 atom stereocenters. The van der Waals surface area contributed by atoms with Gasteiger partial charge in [-0.2, -0.15) is 15.0 Å². The molecule has 6 heteroatoms. The monoisotopic (exact) mass is 247 g/mol. The summed E-state index contributed by atoms with van der Waals surface area (Å²) in [5.41, 5.74) is 0. The molecule has 0 aliphatic rings. The summed E-state index contributed by atoms with van der Waals surface area (Å²) in [7, 11) is 0. The van der Waals surface area contributed by atoms with Crippen LogP contribution in [0.4, 0.5) is 0 Å². The van der Waals surface area contributed by atoms with Crippen LogP contribution in [-0.4, -0.2) is 27.3 Å². The number of aromatic nitrogens is 3. The Bertz CT molecular complexity index is 285. The van der Waals surface area contributed by atoms with Crippen LogP contribution in [0.5, 0.6) is 6.01 Å². The van der Waals surface area contributed by atoms with E-state index in [1.54, 1.807) is 11.8 Å². The molecule has 0 fully saturated rings. The minimum Gasteiger partial charge on any atom is -0.463 e. The lowest BCUT2D eigenvalue weighted by Gasteiger charge is -2.04. The summed E-state index contributed by atoms with van der Waals surface area (Å²) < 4.78 is 5.30. The third kappa shape index (κ3) is 4.66. The third-order valence-corrected chi connectivity index (χ3v) is 2.66. The van der Waals surface area contributed by atoms with E-state index in [0.29, 0.717) is 17.8 Å². The van der Waals surface area contributed by atoms with Gasteiger partial charge in [-0.3, -0.25) is 0 Å². The first kappa shape index (κ1) is 12.5. The fourth-order valence-electron chi connectivity index (χ4n) is 0.830. The van der Waals surface area contributed by atoms with Gasteiger partial charge >= 0.3 is 6.01 Å². The zero-order valence-corrected chi connectivity index (χ0v) is 10.4. The Kier molecular flexibility index (Phi) is 5.71. The van der Waals surface area contributed by atoms with Gasteiger partial charge in [0.15, 0.2) is 5.16 Å². The second kappa shape index (κ2) is 6.85. The van der Waals surface area contributed by atoms with E-state index in [1.807, 2.05) is 6.92 Å². The zero-order chi connectivity index (χ0) is 11.1. The molecular formula is C9H14ClN3OS. The molecule has 0 aliphatic carbocycles. The normalized spacial score (nSPS) is 10.3. The summed E-state index contributed by atoms with van der Waals surface area (Å²) in [5.74, 6) is 0.966. The average Bonchev–Trinajstić information content (AvgIpc) is 2.23. The average molecular weight is 248 g/mol. The van der Waals surface area contributed by atoms with Crippen LogP contribution in [0.2, 0.25) is 5.28 Å². The van der Waals surface area contributed by atoms with E-state index in [0.717, 1.165) is 18.6 Å². The first-order valence-electron chi connectivity index (χ1n) is 4.93. The summed E-state index contributed by atoms with van der Waals surface area (Å²) in [6, 6.07) is 0.315. The Balaban J connectivity index is 2.66. The summed E-state index contributed by atoms with van der Waals surface area (Å²) in [6.07, 6.45) is 1.99. The van der Waals surface area contributed by atoms with Crippen molar-refractivity contribution < 1.29 is 4.74 Å². The highest BCUT2D eigenvalue weighted by Crippen LogP contribution is 2.18. The highest BCUT2D eigenvalue weighted by Gasteiger charge is 2.05. The molecule has 4 nitrogen and oxygen atoms in total. The third-order valence-electron chi connectivity index (χ3n) is 1.44. The van der Waals surface area contributed by atoms with E-state index in [-0.39, 0.29) is 5.28 Å². The quantitative estimate of drug-likeness (QED) is 0.724. The van der Waals surface area contributed by atoms with Gasteiger partial charge in [-0.15, -0.1) is 0 Å². The molecule has 0 saturated carbocycles. The lowest BCUT2D eigenvalue weighted by molar-refractivity contribution is 0.288. The van der Waals surface area contributed by atoms with Crippen molar-refractivity contribution in [2.75, 3.05) is 12.4 Å². The maximum absolute atomic E-state index is 5.75. The zero-order valence-electron chi connectivity index (χ0n) is 8.86. The fraction of sp³-hybridized carbons (Fsp3) is 0.667. The molecule has 1 aromatic heterocycles. The smallest absolute Gasteiger partial charge is 0.321 e. The van der Waals surface area contributed by atoms with E-state index in [1.165, 1.54) is 0 Å². The predicted molar refractivity (Wildman–Crippen MR) is 61.6 cm³/mol. The highest BCUT2D eigenvalue weighted by molar-refractivity contribution is 7.99. The van der Waals surface area contributed by atoms with Gasteiger partial charge in [0.2, 0.25) is 5.28 Å². The molecule has 0 unspecified atom stereocenters. The summed E-state index contributed by atoms with van der Waals surface area (Å²) >= 11 is 7.31. The van der Waals surface area contributed by atoms with Crippen LogP contribution in [-0.2, 0) is 0 Å². The molecule has 0 radical (unpaired) electrons. The Hall–Kier alpha value is -0.550. The molecule has 1 aromatic rings. The molecule has 0 saturated heterocycles. The number of hydrogen-bond donors (Lipinski definition) is 0. The number of rotatable bonds is 6. The van der Waals surface area contributed by atoms with Gasteiger partial charge in [-0.1, -0.05) is 25.6 Å². The van der Waals surface area contributed by atoms with E-state index in [4.69, 9.17) is 16.3 Å². The van der Waals surface area contributed by atoms with Gasteiger partial charge in [-0.25, -0.2) is 0 Å². The predicted octanol–water partition coefficient (Wildman–Crippen LogP) is 2.82. The maximum atomic E-state index is 5.75. The molecule has 15 heavy (non-hydrogen) atoms. The Labute approximate surface area is 98.8 Å². The number of halogens is 1. The SMILES string of the molecule is CCCOc1nc(Cl)nc(SCCC)n1. The van der Waals surface area contributed by atoms with Gasteiger partial charge in [0.25, 0.3) is 0 Å². The van der Waals surface area contributed by atoms with E-state index >= 15 is 0 Å². The van der Waals surface area contributed by atoms with Crippen molar-refractivity contribution in [2.45, 2.75) is 31.8 Å². The van der Waals surface area contributed by atoms with Gasteiger partial charge in [0, 0.05) is 5.75 Å². The second-order valence-corrected chi connectivity index (χ2v) is 4.27. The van der Waals surface area contributed by atoms with Crippen molar-refractivity contribution in [3.05, 3.63) is 5.28 Å². The fourth-order valence-corrected chi connectivity index (χ4v) is 1.71. The van der Waals surface area contributed by atoms with Gasteiger partial charge in [-0.05, 0) is 24.4 Å².